The van der Waals surface area contributed by atoms with E-state index in [-0.39, 0.29) is 23.4 Å². The normalized spacial score (nSPS) is 17.0. The average molecular weight is 326 g/mol. The molecule has 0 aromatic carbocycles. The highest BCUT2D eigenvalue weighted by molar-refractivity contribution is 7.07. The molecular weight excluding hydrogens is 304 g/mol. The van der Waals surface area contributed by atoms with Crippen molar-refractivity contribution in [3.8, 4) is 0 Å². The maximum Gasteiger partial charge on any atom is 0.326 e. The molecule has 1 N–H and O–H groups in total. The Morgan fingerprint density at radius 1 is 1.41 bits per heavy atom. The largest absolute Gasteiger partial charge is 0.451 e. The summed E-state index contributed by atoms with van der Waals surface area (Å²) >= 11 is 1.04. The van der Waals surface area contributed by atoms with E-state index in [0.717, 1.165) is 37.0 Å². The maximum atomic E-state index is 12.0. The Hall–Kier alpha value is -1.63. The second kappa shape index (κ2) is 7.58. The zero-order valence-corrected chi connectivity index (χ0v) is 13.8. The molecular formula is C15H22N2O4S. The van der Waals surface area contributed by atoms with Crippen LogP contribution < -0.4 is 10.2 Å². The molecule has 1 amide bonds. The molecule has 0 unspecified atom stereocenters. The van der Waals surface area contributed by atoms with Gasteiger partial charge in [0.15, 0.2) is 6.10 Å². The van der Waals surface area contributed by atoms with Crippen molar-refractivity contribution < 1.29 is 14.3 Å². The molecule has 1 heterocycles. The van der Waals surface area contributed by atoms with Gasteiger partial charge in [0, 0.05) is 17.1 Å². The predicted octanol–water partition coefficient (Wildman–Crippen LogP) is 1.60. The molecule has 6 nitrogen and oxygen atoms in total. The highest BCUT2D eigenvalue weighted by Crippen LogP contribution is 2.17. The summed E-state index contributed by atoms with van der Waals surface area (Å²) in [7, 11) is 0. The minimum Gasteiger partial charge on any atom is -0.451 e. The van der Waals surface area contributed by atoms with Gasteiger partial charge in [-0.25, -0.2) is 0 Å². The Morgan fingerprint density at radius 2 is 2.09 bits per heavy atom. The van der Waals surface area contributed by atoms with Crippen molar-refractivity contribution in [2.24, 2.45) is 0 Å². The van der Waals surface area contributed by atoms with E-state index < -0.39 is 12.1 Å². The number of ether oxygens (including phenoxy) is 1. The Balaban J connectivity index is 1.82. The standard InChI is InChI=1S/C15H22N2O4S/c1-10-9-22-15(20)17(10)8-13(18)21-11(2)14(19)16-12-6-4-3-5-7-12/h9,11-12H,3-8H2,1-2H3,(H,16,19)/t11-/m0/s1. The number of nitrogens with zero attached hydrogens (tertiary/aromatic N) is 1. The number of aromatic nitrogens is 1. The minimum atomic E-state index is -0.843. The number of carbonyl (C=O) groups is 2. The molecule has 7 heteroatoms. The molecule has 1 saturated carbocycles. The first-order valence-electron chi connectivity index (χ1n) is 7.62. The van der Waals surface area contributed by atoms with E-state index in [4.69, 9.17) is 4.74 Å². The lowest BCUT2D eigenvalue weighted by molar-refractivity contribution is -0.155. The summed E-state index contributed by atoms with van der Waals surface area (Å²) in [5.74, 6) is -0.843. The summed E-state index contributed by atoms with van der Waals surface area (Å²) < 4.78 is 6.48. The van der Waals surface area contributed by atoms with Gasteiger partial charge in [0.05, 0.1) is 0 Å². The van der Waals surface area contributed by atoms with E-state index in [1.807, 2.05) is 0 Å². The fraction of sp³-hybridized carbons (Fsp3) is 0.667. The first-order valence-corrected chi connectivity index (χ1v) is 8.50. The molecule has 1 fully saturated rings. The SMILES string of the molecule is Cc1csc(=O)n1CC(=O)O[C@@H](C)C(=O)NC1CCCCC1. The van der Waals surface area contributed by atoms with Crippen molar-refractivity contribution in [3.05, 3.63) is 20.7 Å². The zero-order valence-electron chi connectivity index (χ0n) is 13.0. The number of esters is 1. The molecule has 1 aliphatic rings. The molecule has 1 aliphatic carbocycles. The zero-order chi connectivity index (χ0) is 16.1. The molecule has 1 atom stereocenters. The highest BCUT2D eigenvalue weighted by atomic mass is 32.1. The van der Waals surface area contributed by atoms with E-state index in [9.17, 15) is 14.4 Å². The fourth-order valence-corrected chi connectivity index (χ4v) is 3.31. The third-order valence-corrected chi connectivity index (χ3v) is 4.77. The fourth-order valence-electron chi connectivity index (χ4n) is 2.58. The first-order chi connectivity index (χ1) is 10.5. The van der Waals surface area contributed by atoms with Gasteiger partial charge in [-0.15, -0.1) is 0 Å². The van der Waals surface area contributed by atoms with E-state index in [2.05, 4.69) is 5.32 Å². The quantitative estimate of drug-likeness (QED) is 0.834. The lowest BCUT2D eigenvalue weighted by Crippen LogP contribution is -2.43. The average Bonchev–Trinajstić information content (AvgIpc) is 2.80. The van der Waals surface area contributed by atoms with E-state index in [1.165, 1.54) is 11.0 Å². The van der Waals surface area contributed by atoms with Crippen LogP contribution in [-0.2, 0) is 20.9 Å². The van der Waals surface area contributed by atoms with Gasteiger partial charge in [-0.2, -0.15) is 0 Å². The van der Waals surface area contributed by atoms with Crippen molar-refractivity contribution in [2.45, 2.75) is 64.6 Å². The molecule has 1 aromatic heterocycles. The number of amides is 1. The van der Waals surface area contributed by atoms with Crippen molar-refractivity contribution in [1.29, 1.82) is 0 Å². The first kappa shape index (κ1) is 16.7. The molecule has 0 spiro atoms. The monoisotopic (exact) mass is 326 g/mol. The number of rotatable bonds is 5. The third kappa shape index (κ3) is 4.43. The molecule has 122 valence electrons. The maximum absolute atomic E-state index is 12.0. The Labute approximate surface area is 133 Å². The van der Waals surface area contributed by atoms with Crippen LogP contribution in [0.25, 0.3) is 0 Å². The second-order valence-corrected chi connectivity index (χ2v) is 6.53. The second-order valence-electron chi connectivity index (χ2n) is 5.70. The third-order valence-electron chi connectivity index (χ3n) is 3.89. The molecule has 0 radical (unpaired) electrons. The summed E-state index contributed by atoms with van der Waals surface area (Å²) in [5, 5.41) is 4.61. The van der Waals surface area contributed by atoms with Gasteiger partial charge in [-0.1, -0.05) is 30.6 Å². The summed E-state index contributed by atoms with van der Waals surface area (Å²) in [6.45, 7) is 3.15. The molecule has 22 heavy (non-hydrogen) atoms. The molecule has 1 aromatic rings. The Morgan fingerprint density at radius 3 is 2.68 bits per heavy atom. The summed E-state index contributed by atoms with van der Waals surface area (Å²) in [4.78, 5) is 35.2. The van der Waals surface area contributed by atoms with Crippen molar-refractivity contribution in [1.82, 2.24) is 9.88 Å². The van der Waals surface area contributed by atoms with Gasteiger partial charge >= 0.3 is 10.8 Å². The number of hydrogen-bond acceptors (Lipinski definition) is 5. The van der Waals surface area contributed by atoms with Gasteiger partial charge in [0.1, 0.15) is 6.54 Å². The van der Waals surface area contributed by atoms with Crippen LogP contribution >= 0.6 is 11.3 Å². The Bertz CT molecular complexity index is 587. The summed E-state index contributed by atoms with van der Waals surface area (Å²) in [6.07, 6.45) is 4.58. The van der Waals surface area contributed by atoms with Crippen LogP contribution in [0, 0.1) is 6.92 Å². The van der Waals surface area contributed by atoms with Gasteiger partial charge < -0.3 is 10.1 Å². The summed E-state index contributed by atoms with van der Waals surface area (Å²) in [5.41, 5.74) is 0.714. The number of nitrogens with one attached hydrogen (secondary N) is 1. The van der Waals surface area contributed by atoms with Crippen LogP contribution in [-0.4, -0.2) is 28.6 Å². The van der Waals surface area contributed by atoms with Gasteiger partial charge in [-0.05, 0) is 26.7 Å². The number of carbonyl (C=O) groups excluding carboxylic acids is 2. The smallest absolute Gasteiger partial charge is 0.326 e. The molecule has 0 bridgehead atoms. The van der Waals surface area contributed by atoms with Crippen LogP contribution in [0.4, 0.5) is 0 Å². The van der Waals surface area contributed by atoms with Crippen LogP contribution in [0.2, 0.25) is 0 Å². The van der Waals surface area contributed by atoms with Crippen LogP contribution in [0.1, 0.15) is 44.7 Å². The van der Waals surface area contributed by atoms with Crippen LogP contribution in [0.3, 0.4) is 0 Å². The lowest BCUT2D eigenvalue weighted by Gasteiger charge is -2.24. The van der Waals surface area contributed by atoms with Crippen LogP contribution in [0.15, 0.2) is 10.2 Å². The van der Waals surface area contributed by atoms with Gasteiger partial charge in [0.25, 0.3) is 5.91 Å². The van der Waals surface area contributed by atoms with Crippen molar-refractivity contribution in [3.63, 3.8) is 0 Å². The molecule has 2 rings (SSSR count). The van der Waals surface area contributed by atoms with Gasteiger partial charge in [-0.3, -0.25) is 19.0 Å². The minimum absolute atomic E-state index is 0.158. The van der Waals surface area contributed by atoms with Gasteiger partial charge in [0.2, 0.25) is 0 Å². The Kier molecular flexibility index (Phi) is 5.76. The summed E-state index contributed by atoms with van der Waals surface area (Å²) in [6, 6.07) is 0.184. The van der Waals surface area contributed by atoms with Crippen LogP contribution in [0.5, 0.6) is 0 Å². The number of thiazole rings is 1. The lowest BCUT2D eigenvalue weighted by atomic mass is 9.95. The topological polar surface area (TPSA) is 77.4 Å². The number of aryl methyl sites for hydroxylation is 1. The van der Waals surface area contributed by atoms with E-state index >= 15 is 0 Å². The van der Waals surface area contributed by atoms with Crippen molar-refractivity contribution in [2.75, 3.05) is 0 Å². The number of hydrogen-bond donors (Lipinski definition) is 1. The van der Waals surface area contributed by atoms with Crippen molar-refractivity contribution >= 4 is 23.2 Å². The van der Waals surface area contributed by atoms with E-state index in [0.29, 0.717) is 5.69 Å². The predicted molar refractivity (Wildman–Crippen MR) is 83.9 cm³/mol. The highest BCUT2D eigenvalue weighted by Gasteiger charge is 2.22. The molecule has 0 aliphatic heterocycles. The van der Waals surface area contributed by atoms with E-state index in [1.54, 1.807) is 19.2 Å². The molecule has 0 saturated heterocycles.